The van der Waals surface area contributed by atoms with Crippen molar-refractivity contribution in [3.63, 3.8) is 0 Å². The summed E-state index contributed by atoms with van der Waals surface area (Å²) in [6.07, 6.45) is 0. The monoisotopic (exact) mass is 253 g/mol. The van der Waals surface area contributed by atoms with Gasteiger partial charge in [-0.2, -0.15) is 11.8 Å². The molecule has 1 aromatic heterocycles. The Hall–Kier alpha value is -0.430. The predicted octanol–water partition coefficient (Wildman–Crippen LogP) is 3.34. The second-order valence-corrected chi connectivity index (χ2v) is 6.57. The third kappa shape index (κ3) is 4.61. The fraction of sp³-hybridized carbons (Fsp3) is 0.538. The Morgan fingerprint density at radius 3 is 2.75 bits per heavy atom. The van der Waals surface area contributed by atoms with Crippen LogP contribution in [0.1, 0.15) is 30.5 Å². The van der Waals surface area contributed by atoms with Crippen LogP contribution >= 0.6 is 23.1 Å². The third-order valence-corrected chi connectivity index (χ3v) is 5.13. The molecule has 16 heavy (non-hydrogen) atoms. The number of thioether (sulfide) groups is 1. The lowest BCUT2D eigenvalue weighted by Gasteiger charge is -2.13. The first kappa shape index (κ1) is 13.6. The Morgan fingerprint density at radius 1 is 1.38 bits per heavy atom. The molecule has 1 rings (SSSR count). The van der Waals surface area contributed by atoms with Gasteiger partial charge in [0.15, 0.2) is 0 Å². The van der Waals surface area contributed by atoms with Gasteiger partial charge in [0.1, 0.15) is 0 Å². The first-order chi connectivity index (χ1) is 7.63. The summed E-state index contributed by atoms with van der Waals surface area (Å²) in [5.41, 5.74) is 5.34. The number of hydrogen-bond donors (Lipinski definition) is 1. The zero-order valence-corrected chi connectivity index (χ0v) is 11.8. The van der Waals surface area contributed by atoms with Crippen molar-refractivity contribution in [1.29, 1.82) is 0 Å². The van der Waals surface area contributed by atoms with Crippen LogP contribution in [-0.4, -0.2) is 11.8 Å². The van der Waals surface area contributed by atoms with E-state index in [0.717, 1.165) is 16.5 Å². The van der Waals surface area contributed by atoms with Crippen molar-refractivity contribution >= 4 is 23.1 Å². The molecule has 0 saturated carbocycles. The van der Waals surface area contributed by atoms with Crippen molar-refractivity contribution < 1.29 is 0 Å². The van der Waals surface area contributed by atoms with Gasteiger partial charge in [-0.3, -0.25) is 0 Å². The summed E-state index contributed by atoms with van der Waals surface area (Å²) in [6, 6.07) is 4.26. The molecule has 0 saturated heterocycles. The minimum Gasteiger partial charge on any atom is -0.320 e. The van der Waals surface area contributed by atoms with Gasteiger partial charge in [0.05, 0.1) is 11.4 Å². The minimum absolute atomic E-state index is 0.437. The SMILES string of the molecule is CC(C)C(C)SCc1ccc(C#CCN)s1. The molecule has 0 radical (unpaired) electrons. The smallest absolute Gasteiger partial charge is 0.0772 e. The molecule has 0 aliphatic heterocycles. The van der Waals surface area contributed by atoms with Gasteiger partial charge in [-0.15, -0.1) is 11.3 Å². The molecule has 0 spiro atoms. The highest BCUT2D eigenvalue weighted by Crippen LogP contribution is 2.26. The molecule has 2 N–H and O–H groups in total. The van der Waals surface area contributed by atoms with Crippen molar-refractivity contribution in [2.75, 3.05) is 6.54 Å². The molecule has 88 valence electrons. The second-order valence-electron chi connectivity index (χ2n) is 4.03. The molecular weight excluding hydrogens is 234 g/mol. The van der Waals surface area contributed by atoms with Crippen LogP contribution in [0.4, 0.5) is 0 Å². The Kier molecular flexibility index (Phi) is 5.97. The van der Waals surface area contributed by atoms with Crippen molar-refractivity contribution in [3.05, 3.63) is 21.9 Å². The lowest BCUT2D eigenvalue weighted by Crippen LogP contribution is -2.05. The molecular formula is C13H19NS2. The first-order valence-corrected chi connectivity index (χ1v) is 7.39. The molecule has 1 nitrogen and oxygen atoms in total. The number of nitrogens with two attached hydrogens (primary N) is 1. The van der Waals surface area contributed by atoms with Gasteiger partial charge >= 0.3 is 0 Å². The zero-order valence-electron chi connectivity index (χ0n) is 10.1. The zero-order chi connectivity index (χ0) is 12.0. The van der Waals surface area contributed by atoms with Gasteiger partial charge in [0.2, 0.25) is 0 Å². The summed E-state index contributed by atoms with van der Waals surface area (Å²) >= 11 is 3.79. The Labute approximate surface area is 107 Å². The number of hydrogen-bond acceptors (Lipinski definition) is 3. The predicted molar refractivity (Wildman–Crippen MR) is 75.8 cm³/mol. The summed E-state index contributed by atoms with van der Waals surface area (Å²) < 4.78 is 0. The van der Waals surface area contributed by atoms with Crippen LogP contribution in [0.5, 0.6) is 0 Å². The maximum atomic E-state index is 5.34. The van der Waals surface area contributed by atoms with E-state index in [-0.39, 0.29) is 0 Å². The molecule has 0 amide bonds. The van der Waals surface area contributed by atoms with Gasteiger partial charge in [-0.05, 0) is 18.1 Å². The van der Waals surface area contributed by atoms with E-state index in [1.165, 1.54) is 4.88 Å². The van der Waals surface area contributed by atoms with Crippen molar-refractivity contribution in [1.82, 2.24) is 0 Å². The van der Waals surface area contributed by atoms with Crippen LogP contribution in [0.25, 0.3) is 0 Å². The summed E-state index contributed by atoms with van der Waals surface area (Å²) in [5, 5.41) is 0.709. The van der Waals surface area contributed by atoms with Crippen molar-refractivity contribution in [2.24, 2.45) is 11.7 Å². The molecule has 1 heterocycles. The van der Waals surface area contributed by atoms with Crippen LogP contribution < -0.4 is 5.73 Å². The molecule has 0 aliphatic carbocycles. The molecule has 0 aromatic carbocycles. The molecule has 1 unspecified atom stereocenters. The topological polar surface area (TPSA) is 26.0 Å². The van der Waals surface area contributed by atoms with E-state index in [4.69, 9.17) is 5.73 Å². The number of rotatable bonds is 4. The maximum Gasteiger partial charge on any atom is 0.0772 e. The Balaban J connectivity index is 2.46. The first-order valence-electron chi connectivity index (χ1n) is 5.52. The standard InChI is InChI=1S/C13H19NS2/c1-10(2)11(3)15-9-13-7-6-12(16-13)5-4-8-14/h6-7,10-11H,8-9,14H2,1-3H3. The fourth-order valence-corrected chi connectivity index (χ4v) is 3.09. The average Bonchev–Trinajstić information content (AvgIpc) is 2.70. The normalized spacial score (nSPS) is 12.3. The van der Waals surface area contributed by atoms with Crippen LogP contribution in [0.2, 0.25) is 0 Å². The van der Waals surface area contributed by atoms with Crippen LogP contribution in [0, 0.1) is 17.8 Å². The molecule has 0 aliphatic rings. The third-order valence-electron chi connectivity index (χ3n) is 2.40. The largest absolute Gasteiger partial charge is 0.320 e. The van der Waals surface area contributed by atoms with Gasteiger partial charge in [-0.25, -0.2) is 0 Å². The van der Waals surface area contributed by atoms with Gasteiger partial charge in [0.25, 0.3) is 0 Å². The molecule has 0 bridgehead atoms. The molecule has 1 atom stereocenters. The average molecular weight is 253 g/mol. The van der Waals surface area contributed by atoms with Crippen LogP contribution in [0.15, 0.2) is 12.1 Å². The maximum absolute atomic E-state index is 5.34. The van der Waals surface area contributed by atoms with Gasteiger partial charge in [-0.1, -0.05) is 32.6 Å². The van der Waals surface area contributed by atoms with Crippen LogP contribution in [0.3, 0.4) is 0 Å². The lowest BCUT2D eigenvalue weighted by atomic mass is 10.2. The van der Waals surface area contributed by atoms with E-state index in [1.807, 2.05) is 11.8 Å². The summed E-state index contributed by atoms with van der Waals surface area (Å²) in [5.74, 6) is 7.78. The highest BCUT2D eigenvalue weighted by atomic mass is 32.2. The second kappa shape index (κ2) is 7.01. The van der Waals surface area contributed by atoms with E-state index in [2.05, 4.69) is 44.7 Å². The van der Waals surface area contributed by atoms with Crippen LogP contribution in [-0.2, 0) is 5.75 Å². The summed E-state index contributed by atoms with van der Waals surface area (Å²) in [6.45, 7) is 7.26. The highest BCUT2D eigenvalue weighted by molar-refractivity contribution is 7.99. The summed E-state index contributed by atoms with van der Waals surface area (Å²) in [7, 11) is 0. The summed E-state index contributed by atoms with van der Waals surface area (Å²) in [4.78, 5) is 2.53. The number of thiophene rings is 1. The minimum atomic E-state index is 0.437. The lowest BCUT2D eigenvalue weighted by molar-refractivity contribution is 0.642. The highest BCUT2D eigenvalue weighted by Gasteiger charge is 2.08. The molecule has 0 fully saturated rings. The van der Waals surface area contributed by atoms with E-state index in [1.54, 1.807) is 11.3 Å². The van der Waals surface area contributed by atoms with Gasteiger partial charge < -0.3 is 5.73 Å². The van der Waals surface area contributed by atoms with Crippen molar-refractivity contribution in [2.45, 2.75) is 31.8 Å². The van der Waals surface area contributed by atoms with E-state index in [9.17, 15) is 0 Å². The van der Waals surface area contributed by atoms with Crippen molar-refractivity contribution in [3.8, 4) is 11.8 Å². The molecule has 1 aromatic rings. The Morgan fingerprint density at radius 2 is 2.12 bits per heavy atom. The quantitative estimate of drug-likeness (QED) is 0.833. The van der Waals surface area contributed by atoms with E-state index < -0.39 is 0 Å². The van der Waals surface area contributed by atoms with Gasteiger partial charge in [0, 0.05) is 15.9 Å². The Bertz CT molecular complexity index is 371. The van der Waals surface area contributed by atoms with E-state index in [0.29, 0.717) is 11.8 Å². The van der Waals surface area contributed by atoms with E-state index >= 15 is 0 Å². The fourth-order valence-electron chi connectivity index (χ4n) is 1.07. The molecule has 3 heteroatoms.